The van der Waals surface area contributed by atoms with Gasteiger partial charge in [0.05, 0.1) is 28.8 Å². The quantitative estimate of drug-likeness (QED) is 0.742. The summed E-state index contributed by atoms with van der Waals surface area (Å²) < 4.78 is 38.9. The highest BCUT2D eigenvalue weighted by Crippen LogP contribution is 2.34. The van der Waals surface area contributed by atoms with Gasteiger partial charge in [0.15, 0.2) is 11.5 Å². The zero-order valence-corrected chi connectivity index (χ0v) is 18.8. The van der Waals surface area contributed by atoms with E-state index >= 15 is 0 Å². The normalized spacial score (nSPS) is 17.7. The Kier molecular flexibility index (Phi) is 6.41. The fourth-order valence-corrected chi connectivity index (χ4v) is 5.54. The number of amides is 1. The number of piperidine rings is 1. The molecule has 7 nitrogen and oxygen atoms in total. The molecule has 2 heterocycles. The van der Waals surface area contributed by atoms with Crippen molar-refractivity contribution >= 4 is 33.2 Å². The van der Waals surface area contributed by atoms with Crippen LogP contribution in [0.2, 0.25) is 5.02 Å². The molecule has 0 unspecified atom stereocenters. The van der Waals surface area contributed by atoms with E-state index in [0.29, 0.717) is 48.3 Å². The third kappa shape index (κ3) is 4.81. The number of hydrogen-bond donors (Lipinski definition) is 1. The smallest absolute Gasteiger partial charge is 0.243 e. The lowest BCUT2D eigenvalue weighted by molar-refractivity contribution is -0.120. The lowest BCUT2D eigenvalue weighted by Gasteiger charge is -2.30. The molecule has 2 aliphatic heterocycles. The van der Waals surface area contributed by atoms with Crippen LogP contribution in [0.1, 0.15) is 24.8 Å². The maximum Gasteiger partial charge on any atom is 0.243 e. The summed E-state index contributed by atoms with van der Waals surface area (Å²) in [4.78, 5) is 12.8. The van der Waals surface area contributed by atoms with Crippen LogP contribution in [-0.4, -0.2) is 44.9 Å². The summed E-state index contributed by atoms with van der Waals surface area (Å²) in [6.45, 7) is 3.51. The van der Waals surface area contributed by atoms with Gasteiger partial charge in [-0.2, -0.15) is 4.31 Å². The molecular weight excluding hydrogens is 440 g/mol. The summed E-state index contributed by atoms with van der Waals surface area (Å²) in [5.41, 5.74) is 1.58. The average Bonchev–Trinajstić information content (AvgIpc) is 3.00. The molecule has 0 spiro atoms. The van der Waals surface area contributed by atoms with Gasteiger partial charge in [0, 0.05) is 31.5 Å². The Morgan fingerprint density at radius 3 is 2.48 bits per heavy atom. The fraction of sp³-hybridized carbons (Fsp3) is 0.409. The second-order valence-electron chi connectivity index (χ2n) is 7.81. The van der Waals surface area contributed by atoms with Crippen LogP contribution >= 0.6 is 11.6 Å². The molecule has 0 radical (unpaired) electrons. The first kappa shape index (κ1) is 21.9. The van der Waals surface area contributed by atoms with Gasteiger partial charge in [0.1, 0.15) is 0 Å². The van der Waals surface area contributed by atoms with Gasteiger partial charge < -0.3 is 14.8 Å². The van der Waals surface area contributed by atoms with Crippen LogP contribution in [0.5, 0.6) is 11.5 Å². The lowest BCUT2D eigenvalue weighted by atomic mass is 9.97. The van der Waals surface area contributed by atoms with Crippen LogP contribution in [0.15, 0.2) is 41.3 Å². The Morgan fingerprint density at radius 2 is 1.77 bits per heavy atom. The number of carbonyl (C=O) groups is 1. The number of carbonyl (C=O) groups excluding carboxylic acids is 1. The molecule has 0 aromatic heterocycles. The van der Waals surface area contributed by atoms with Crippen molar-refractivity contribution in [3.63, 3.8) is 0 Å². The minimum absolute atomic E-state index is 0.140. The number of ether oxygens (including phenoxy) is 2. The maximum atomic E-state index is 13.1. The highest BCUT2D eigenvalue weighted by atomic mass is 35.5. The summed E-state index contributed by atoms with van der Waals surface area (Å²) in [5, 5.41) is 3.35. The molecule has 2 aromatic rings. The van der Waals surface area contributed by atoms with Gasteiger partial charge in [0.2, 0.25) is 15.9 Å². The number of sulfonamides is 1. The molecule has 31 heavy (non-hydrogen) atoms. The number of aryl methyl sites for hydroxylation is 1. The van der Waals surface area contributed by atoms with Gasteiger partial charge in [-0.25, -0.2) is 8.42 Å². The molecule has 1 saturated heterocycles. The first-order valence-electron chi connectivity index (χ1n) is 10.3. The van der Waals surface area contributed by atoms with Crippen molar-refractivity contribution in [2.75, 3.05) is 31.6 Å². The number of anilines is 1. The molecule has 9 heteroatoms. The number of hydrogen-bond acceptors (Lipinski definition) is 5. The molecule has 0 bridgehead atoms. The summed E-state index contributed by atoms with van der Waals surface area (Å²) in [6.07, 6.45) is 1.64. The van der Waals surface area contributed by atoms with Crippen LogP contribution in [0.25, 0.3) is 0 Å². The first-order chi connectivity index (χ1) is 14.8. The maximum absolute atomic E-state index is 13.1. The van der Waals surface area contributed by atoms with Crippen LogP contribution in [0.4, 0.5) is 5.69 Å². The van der Waals surface area contributed by atoms with Gasteiger partial charge in [-0.1, -0.05) is 17.7 Å². The minimum atomic E-state index is -3.68. The highest BCUT2D eigenvalue weighted by Gasteiger charge is 2.33. The van der Waals surface area contributed by atoms with Gasteiger partial charge in [-0.15, -0.1) is 0 Å². The molecule has 0 aliphatic carbocycles. The van der Waals surface area contributed by atoms with Crippen molar-refractivity contribution in [3.05, 3.63) is 47.0 Å². The number of fused-ring (bicyclic) bond motifs is 1. The predicted molar refractivity (Wildman–Crippen MR) is 118 cm³/mol. The van der Waals surface area contributed by atoms with Crippen molar-refractivity contribution in [1.29, 1.82) is 0 Å². The van der Waals surface area contributed by atoms with E-state index < -0.39 is 10.0 Å². The topological polar surface area (TPSA) is 84.9 Å². The second kappa shape index (κ2) is 9.06. The van der Waals surface area contributed by atoms with E-state index in [4.69, 9.17) is 21.1 Å². The van der Waals surface area contributed by atoms with E-state index in [1.807, 2.05) is 13.0 Å². The van der Waals surface area contributed by atoms with E-state index in [0.717, 1.165) is 12.0 Å². The molecule has 0 atom stereocenters. The van der Waals surface area contributed by atoms with Crippen molar-refractivity contribution < 1.29 is 22.7 Å². The monoisotopic (exact) mass is 464 g/mol. The molecule has 1 fully saturated rings. The summed E-state index contributed by atoms with van der Waals surface area (Å²) >= 11 is 6.20. The predicted octanol–water partition coefficient (Wildman–Crippen LogP) is 3.85. The molecule has 166 valence electrons. The molecule has 2 aromatic carbocycles. The first-order valence-corrected chi connectivity index (χ1v) is 12.1. The number of rotatable bonds is 4. The standard InChI is InChI=1S/C22H25ClN2O5S/c1-15-3-5-19(18(23)13-15)24-22(26)16-7-9-25(10-8-16)31(27,28)17-4-6-20-21(14-17)30-12-2-11-29-20/h3-6,13-14,16H,2,7-12H2,1H3,(H,24,26). The van der Waals surface area contributed by atoms with Crippen molar-refractivity contribution in [3.8, 4) is 11.5 Å². The van der Waals surface area contributed by atoms with Gasteiger partial charge in [-0.05, 0) is 49.6 Å². The van der Waals surface area contributed by atoms with Crippen LogP contribution in [0, 0.1) is 12.8 Å². The van der Waals surface area contributed by atoms with Crippen LogP contribution in [-0.2, 0) is 14.8 Å². The molecule has 0 saturated carbocycles. The number of nitrogens with zero attached hydrogens (tertiary/aromatic N) is 1. The summed E-state index contributed by atoms with van der Waals surface area (Å²) in [6, 6.07) is 10.2. The molecule has 4 rings (SSSR count). The van der Waals surface area contributed by atoms with E-state index in [9.17, 15) is 13.2 Å². The Labute approximate surface area is 187 Å². The number of nitrogens with one attached hydrogen (secondary N) is 1. The lowest BCUT2D eigenvalue weighted by Crippen LogP contribution is -2.41. The molecule has 1 N–H and O–H groups in total. The number of halogens is 1. The minimum Gasteiger partial charge on any atom is -0.490 e. The molecular formula is C22H25ClN2O5S. The Balaban J connectivity index is 1.41. The Bertz CT molecular complexity index is 1080. The summed E-state index contributed by atoms with van der Waals surface area (Å²) in [7, 11) is -3.68. The van der Waals surface area contributed by atoms with Crippen LogP contribution in [0.3, 0.4) is 0 Å². The van der Waals surface area contributed by atoms with E-state index in [2.05, 4.69) is 5.32 Å². The second-order valence-corrected chi connectivity index (χ2v) is 10.2. The van der Waals surface area contributed by atoms with Crippen molar-refractivity contribution in [2.45, 2.75) is 31.1 Å². The zero-order valence-electron chi connectivity index (χ0n) is 17.3. The van der Waals surface area contributed by atoms with Crippen molar-refractivity contribution in [1.82, 2.24) is 4.31 Å². The Hall–Kier alpha value is -2.29. The molecule has 2 aliphatic rings. The Morgan fingerprint density at radius 1 is 1.06 bits per heavy atom. The van der Waals surface area contributed by atoms with E-state index in [1.54, 1.807) is 24.3 Å². The van der Waals surface area contributed by atoms with Gasteiger partial charge >= 0.3 is 0 Å². The third-order valence-electron chi connectivity index (χ3n) is 5.56. The largest absolute Gasteiger partial charge is 0.490 e. The zero-order chi connectivity index (χ0) is 22.0. The summed E-state index contributed by atoms with van der Waals surface area (Å²) in [5.74, 6) is 0.593. The van der Waals surface area contributed by atoms with E-state index in [1.165, 1.54) is 10.4 Å². The SMILES string of the molecule is Cc1ccc(NC(=O)C2CCN(S(=O)(=O)c3ccc4c(c3)OCCCO4)CC2)c(Cl)c1. The van der Waals surface area contributed by atoms with Gasteiger partial charge in [0.25, 0.3) is 0 Å². The number of benzene rings is 2. The van der Waals surface area contributed by atoms with Crippen molar-refractivity contribution in [2.24, 2.45) is 5.92 Å². The highest BCUT2D eigenvalue weighted by molar-refractivity contribution is 7.89. The fourth-order valence-electron chi connectivity index (χ4n) is 3.77. The van der Waals surface area contributed by atoms with Gasteiger partial charge in [-0.3, -0.25) is 4.79 Å². The third-order valence-corrected chi connectivity index (χ3v) is 7.77. The average molecular weight is 465 g/mol. The van der Waals surface area contributed by atoms with Crippen LogP contribution < -0.4 is 14.8 Å². The molecule has 1 amide bonds. The van der Waals surface area contributed by atoms with E-state index in [-0.39, 0.29) is 29.8 Å².